The first-order chi connectivity index (χ1) is 17.6. The number of benzene rings is 3. The third-order valence-corrected chi connectivity index (χ3v) is 9.32. The Kier molecular flexibility index (Phi) is 8.05. The SMILES string of the molecule is COc1ccc(NS(=O)(=O)c2cc(NC(=O)c3ccc(S(=O)(=O)N4CCOCC4)cc3)ccc2Cl)cc1. The summed E-state index contributed by atoms with van der Waals surface area (Å²) in [5.74, 6) is 0.0153. The summed E-state index contributed by atoms with van der Waals surface area (Å²) >= 11 is 6.15. The predicted octanol–water partition coefficient (Wildman–Crippen LogP) is 3.42. The van der Waals surface area contributed by atoms with Crippen LogP contribution in [0.3, 0.4) is 0 Å². The van der Waals surface area contributed by atoms with Crippen LogP contribution < -0.4 is 14.8 Å². The van der Waals surface area contributed by atoms with Gasteiger partial charge in [-0.3, -0.25) is 9.52 Å². The fraction of sp³-hybridized carbons (Fsp3) is 0.208. The van der Waals surface area contributed by atoms with Crippen LogP contribution >= 0.6 is 11.6 Å². The number of nitrogens with one attached hydrogen (secondary N) is 2. The highest BCUT2D eigenvalue weighted by molar-refractivity contribution is 7.92. The van der Waals surface area contributed by atoms with Crippen molar-refractivity contribution in [1.29, 1.82) is 0 Å². The zero-order chi connectivity index (χ0) is 26.6. The second kappa shape index (κ2) is 11.1. The van der Waals surface area contributed by atoms with Crippen molar-refractivity contribution >= 4 is 48.9 Å². The van der Waals surface area contributed by atoms with Crippen molar-refractivity contribution in [3.05, 3.63) is 77.3 Å². The maximum Gasteiger partial charge on any atom is 0.263 e. The number of hydrogen-bond acceptors (Lipinski definition) is 7. The van der Waals surface area contributed by atoms with Gasteiger partial charge < -0.3 is 14.8 Å². The molecule has 13 heteroatoms. The molecule has 1 saturated heterocycles. The quantitative estimate of drug-likeness (QED) is 0.428. The highest BCUT2D eigenvalue weighted by Crippen LogP contribution is 2.28. The third kappa shape index (κ3) is 6.22. The predicted molar refractivity (Wildman–Crippen MR) is 139 cm³/mol. The van der Waals surface area contributed by atoms with Crippen molar-refractivity contribution in [2.75, 3.05) is 43.5 Å². The van der Waals surface area contributed by atoms with E-state index in [9.17, 15) is 21.6 Å². The summed E-state index contributed by atoms with van der Waals surface area (Å²) in [6.07, 6.45) is 0. The second-order valence-corrected chi connectivity index (χ2v) is 12.0. The van der Waals surface area contributed by atoms with E-state index >= 15 is 0 Å². The minimum atomic E-state index is -4.07. The van der Waals surface area contributed by atoms with Gasteiger partial charge in [-0.2, -0.15) is 4.31 Å². The number of hydrogen-bond donors (Lipinski definition) is 2. The number of methoxy groups -OCH3 is 1. The Bertz CT molecular complexity index is 1490. The molecule has 0 aromatic heterocycles. The van der Waals surface area contributed by atoms with E-state index in [0.29, 0.717) is 24.7 Å². The fourth-order valence-electron chi connectivity index (χ4n) is 3.57. The summed E-state index contributed by atoms with van der Waals surface area (Å²) < 4.78 is 65.5. The Morgan fingerprint density at radius 3 is 2.16 bits per heavy atom. The second-order valence-electron chi connectivity index (χ2n) is 7.97. The topological polar surface area (TPSA) is 131 Å². The molecular weight excluding hydrogens is 542 g/mol. The number of nitrogens with zero attached hydrogens (tertiary/aromatic N) is 1. The van der Waals surface area contributed by atoms with Crippen molar-refractivity contribution in [3.63, 3.8) is 0 Å². The number of rotatable bonds is 8. The first-order valence-corrected chi connectivity index (χ1v) is 14.4. The highest BCUT2D eigenvalue weighted by atomic mass is 35.5. The van der Waals surface area contributed by atoms with Crippen molar-refractivity contribution in [2.45, 2.75) is 9.79 Å². The average Bonchev–Trinajstić information content (AvgIpc) is 2.90. The van der Waals surface area contributed by atoms with Crippen LogP contribution in [0.25, 0.3) is 0 Å². The largest absolute Gasteiger partial charge is 0.497 e. The van der Waals surface area contributed by atoms with Crippen LogP contribution in [0, 0.1) is 0 Å². The van der Waals surface area contributed by atoms with Crippen LogP contribution in [0.2, 0.25) is 5.02 Å². The lowest BCUT2D eigenvalue weighted by Crippen LogP contribution is -2.40. The number of amides is 1. The molecule has 0 aliphatic carbocycles. The van der Waals surface area contributed by atoms with E-state index in [2.05, 4.69) is 10.0 Å². The molecule has 1 heterocycles. The molecule has 3 aromatic rings. The molecule has 37 heavy (non-hydrogen) atoms. The van der Waals surface area contributed by atoms with Gasteiger partial charge in [0.05, 0.1) is 30.2 Å². The lowest BCUT2D eigenvalue weighted by molar-refractivity contribution is 0.0730. The molecule has 1 amide bonds. The van der Waals surface area contributed by atoms with Crippen LogP contribution in [0.1, 0.15) is 10.4 Å². The first-order valence-electron chi connectivity index (χ1n) is 11.1. The minimum absolute atomic E-state index is 0.0308. The third-order valence-electron chi connectivity index (χ3n) is 5.55. The van der Waals surface area contributed by atoms with Crippen LogP contribution in [0.15, 0.2) is 76.5 Å². The van der Waals surface area contributed by atoms with E-state index in [1.54, 1.807) is 24.3 Å². The molecule has 1 aliphatic heterocycles. The van der Waals surface area contributed by atoms with Gasteiger partial charge in [0.2, 0.25) is 10.0 Å². The number of ether oxygens (including phenoxy) is 2. The Morgan fingerprint density at radius 1 is 0.919 bits per heavy atom. The van der Waals surface area contributed by atoms with Gasteiger partial charge >= 0.3 is 0 Å². The van der Waals surface area contributed by atoms with E-state index in [1.807, 2.05) is 0 Å². The number of morpholine rings is 1. The van der Waals surface area contributed by atoms with Crippen molar-refractivity contribution in [1.82, 2.24) is 4.31 Å². The maximum atomic E-state index is 12.9. The summed E-state index contributed by atoms with van der Waals surface area (Å²) in [4.78, 5) is 12.6. The average molecular weight is 566 g/mol. The number of anilines is 2. The van der Waals surface area contributed by atoms with Crippen LogP contribution in [-0.4, -0.2) is 60.5 Å². The van der Waals surface area contributed by atoms with E-state index in [-0.39, 0.29) is 39.2 Å². The first kappa shape index (κ1) is 26.9. The lowest BCUT2D eigenvalue weighted by Gasteiger charge is -2.26. The molecule has 0 unspecified atom stereocenters. The molecule has 0 bridgehead atoms. The zero-order valence-corrected chi connectivity index (χ0v) is 22.1. The van der Waals surface area contributed by atoms with Gasteiger partial charge in [0.15, 0.2) is 0 Å². The maximum absolute atomic E-state index is 12.9. The van der Waals surface area contributed by atoms with Gasteiger partial charge in [-0.25, -0.2) is 16.8 Å². The zero-order valence-electron chi connectivity index (χ0n) is 19.7. The number of carbonyl (C=O) groups is 1. The van der Waals surface area contributed by atoms with Crippen molar-refractivity contribution in [2.24, 2.45) is 0 Å². The van der Waals surface area contributed by atoms with E-state index < -0.39 is 26.0 Å². The molecule has 2 N–H and O–H groups in total. The minimum Gasteiger partial charge on any atom is -0.497 e. The molecule has 4 rings (SSSR count). The molecule has 0 spiro atoms. The summed E-state index contributed by atoms with van der Waals surface area (Å²) in [6.45, 7) is 1.18. The molecule has 10 nitrogen and oxygen atoms in total. The van der Waals surface area contributed by atoms with Gasteiger partial charge in [-0.15, -0.1) is 0 Å². The summed E-state index contributed by atoms with van der Waals surface area (Å²) in [5.41, 5.74) is 0.685. The van der Waals surface area contributed by atoms with Gasteiger partial charge in [0.25, 0.3) is 15.9 Å². The van der Waals surface area contributed by atoms with Crippen LogP contribution in [0.4, 0.5) is 11.4 Å². The molecule has 196 valence electrons. The summed E-state index contributed by atoms with van der Waals surface area (Å²) in [5, 5.41) is 2.58. The van der Waals surface area contributed by atoms with E-state index in [1.165, 1.54) is 53.9 Å². The van der Waals surface area contributed by atoms with Gasteiger partial charge in [-0.1, -0.05) is 11.6 Å². The smallest absolute Gasteiger partial charge is 0.263 e. The standard InChI is InChI=1S/C24H24ClN3O7S2/c1-34-20-7-4-18(5-8-20)27-36(30,31)23-16-19(6-11-22(23)25)26-24(29)17-2-9-21(10-3-17)37(32,33)28-12-14-35-15-13-28/h2-11,16,27H,12-15H2,1H3,(H,26,29). The normalized spacial score (nSPS) is 14.6. The molecule has 1 fully saturated rings. The number of halogens is 1. The Hall–Kier alpha value is -3.16. The Morgan fingerprint density at radius 2 is 1.54 bits per heavy atom. The molecule has 3 aromatic carbocycles. The molecule has 0 atom stereocenters. The summed E-state index contributed by atoms with van der Waals surface area (Å²) in [6, 6.07) is 15.8. The summed E-state index contributed by atoms with van der Waals surface area (Å²) in [7, 11) is -6.27. The molecule has 0 radical (unpaired) electrons. The van der Waals surface area contributed by atoms with Gasteiger partial charge in [0.1, 0.15) is 10.6 Å². The lowest BCUT2D eigenvalue weighted by atomic mass is 10.2. The Labute approximate surface area is 220 Å². The molecule has 1 aliphatic rings. The van der Waals surface area contributed by atoms with Gasteiger partial charge in [-0.05, 0) is 66.7 Å². The fourth-order valence-corrected chi connectivity index (χ4v) is 6.57. The van der Waals surface area contributed by atoms with Gasteiger partial charge in [0, 0.05) is 30.0 Å². The van der Waals surface area contributed by atoms with E-state index in [4.69, 9.17) is 21.1 Å². The molecular formula is C24H24ClN3O7S2. The van der Waals surface area contributed by atoms with Crippen molar-refractivity contribution < 1.29 is 31.1 Å². The van der Waals surface area contributed by atoms with Crippen molar-refractivity contribution in [3.8, 4) is 5.75 Å². The molecule has 0 saturated carbocycles. The highest BCUT2D eigenvalue weighted by Gasteiger charge is 2.26. The van der Waals surface area contributed by atoms with E-state index in [0.717, 1.165) is 0 Å². The number of carbonyl (C=O) groups excluding carboxylic acids is 1. The monoisotopic (exact) mass is 565 g/mol. The van der Waals surface area contributed by atoms with Crippen LogP contribution in [0.5, 0.6) is 5.75 Å². The number of sulfonamides is 2. The van der Waals surface area contributed by atoms with Crippen LogP contribution in [-0.2, 0) is 24.8 Å². The Balaban J connectivity index is 1.49.